The van der Waals surface area contributed by atoms with E-state index in [0.29, 0.717) is 80.1 Å². The van der Waals surface area contributed by atoms with E-state index in [-0.39, 0.29) is 24.2 Å². The second-order valence-electron chi connectivity index (χ2n) is 15.8. The molecule has 1 aliphatic carbocycles. The van der Waals surface area contributed by atoms with Gasteiger partial charge >= 0.3 is 5.97 Å². The Balaban J connectivity index is 1.58. The second-order valence-corrected chi connectivity index (χ2v) is 20.5. The molecule has 0 saturated carbocycles. The number of benzene rings is 2. The van der Waals surface area contributed by atoms with Gasteiger partial charge in [-0.1, -0.05) is 23.8 Å². The average molecular weight is 908 g/mol. The Kier molecular flexibility index (Phi) is 14.8. The number of fused-ring (bicyclic) bond motifs is 2. The summed E-state index contributed by atoms with van der Waals surface area (Å²) in [4.78, 5) is 12.4. The van der Waals surface area contributed by atoms with Crippen LogP contribution >= 0.6 is 11.6 Å². The summed E-state index contributed by atoms with van der Waals surface area (Å²) >= 11 is 7.17. The van der Waals surface area contributed by atoms with E-state index in [9.17, 15) is 43.7 Å². The van der Waals surface area contributed by atoms with E-state index in [2.05, 4.69) is 4.58 Å². The highest BCUT2D eigenvalue weighted by molar-refractivity contribution is 7.86. The van der Waals surface area contributed by atoms with Gasteiger partial charge in [0.15, 0.2) is 5.71 Å². The van der Waals surface area contributed by atoms with Crippen LogP contribution in [0, 0.1) is 0 Å². The third-order valence-electron chi connectivity index (χ3n) is 11.8. The number of ether oxygens (including phenoxy) is 1. The van der Waals surface area contributed by atoms with Gasteiger partial charge in [-0.05, 0) is 125 Å². The summed E-state index contributed by atoms with van der Waals surface area (Å²) in [7, 11) is -12.5. The number of carboxylic acid groups (broad SMARTS) is 1. The molecule has 0 aromatic heterocycles. The molecule has 2 atom stereocenters. The zero-order valence-electron chi connectivity index (χ0n) is 34.1. The number of hydrogen-bond acceptors (Lipinski definition) is 12. The number of unbranched alkanes of at least 4 members (excludes halogenated alkanes) is 2. The van der Waals surface area contributed by atoms with Crippen molar-refractivity contribution >= 4 is 65.0 Å². The lowest BCUT2D eigenvalue weighted by Gasteiger charge is -2.30. The highest BCUT2D eigenvalue weighted by Gasteiger charge is 2.48. The SMILES string of the molecule is CCN1/C(=C/C=C2\CCCC(/C=C/C3=[N+](CCCCCC(=O)O)c4ccc(S(=O)(=O)[O-])cc4C3(C)CCOC)=C2Cl)C(C)(CCCS(=O)(=O)[O-])c2cc(S(=O)(=O)[O-])ccc21. The first-order valence-electron chi connectivity index (χ1n) is 19.8. The van der Waals surface area contributed by atoms with Crippen LogP contribution in [0.25, 0.3) is 0 Å². The van der Waals surface area contributed by atoms with Gasteiger partial charge in [0, 0.05) is 78.4 Å². The molecular weight excluding hydrogens is 856 g/mol. The Labute approximate surface area is 358 Å². The van der Waals surface area contributed by atoms with Gasteiger partial charge in [-0.2, -0.15) is 4.58 Å². The van der Waals surface area contributed by atoms with Crippen LogP contribution in [0.5, 0.6) is 0 Å². The molecule has 2 heterocycles. The molecule has 3 aliphatic rings. The van der Waals surface area contributed by atoms with E-state index in [0.717, 1.165) is 34.7 Å². The minimum Gasteiger partial charge on any atom is -0.748 e. The van der Waals surface area contributed by atoms with Crippen molar-refractivity contribution in [3.8, 4) is 0 Å². The summed E-state index contributed by atoms with van der Waals surface area (Å²) in [6.07, 6.45) is 12.2. The Morgan fingerprint density at radius 3 is 2.17 bits per heavy atom. The van der Waals surface area contributed by atoms with Crippen molar-refractivity contribution in [2.45, 2.75) is 106 Å². The third-order valence-corrected chi connectivity index (χ3v) is 14.7. The number of likely N-dealkylation sites (N-methyl/N-ethyl adjacent to an activating group) is 1. The number of methoxy groups -OCH3 is 1. The van der Waals surface area contributed by atoms with Gasteiger partial charge in [-0.15, -0.1) is 0 Å². The molecule has 328 valence electrons. The van der Waals surface area contributed by atoms with Crippen LogP contribution in [0.1, 0.15) is 96.1 Å². The summed E-state index contributed by atoms with van der Waals surface area (Å²) in [5, 5.41) is 9.66. The van der Waals surface area contributed by atoms with E-state index in [1.54, 1.807) is 19.2 Å². The van der Waals surface area contributed by atoms with Gasteiger partial charge in [0.25, 0.3) is 0 Å². The normalized spacial score (nSPS) is 22.4. The summed E-state index contributed by atoms with van der Waals surface area (Å²) in [6.45, 7) is 7.01. The first-order chi connectivity index (χ1) is 28.0. The number of allylic oxidation sites excluding steroid dienone is 8. The maximum absolute atomic E-state index is 12.2. The predicted octanol–water partition coefficient (Wildman–Crippen LogP) is 6.70. The Morgan fingerprint density at radius 2 is 1.55 bits per heavy atom. The lowest BCUT2D eigenvalue weighted by molar-refractivity contribution is -0.438. The number of rotatable bonds is 19. The molecule has 0 spiro atoms. The monoisotopic (exact) mass is 906 g/mol. The van der Waals surface area contributed by atoms with Gasteiger partial charge in [-0.3, -0.25) is 4.79 Å². The average Bonchev–Trinajstić information content (AvgIpc) is 3.54. The summed E-state index contributed by atoms with van der Waals surface area (Å²) in [5.74, 6) is -1.49. The van der Waals surface area contributed by atoms with Crippen molar-refractivity contribution in [1.29, 1.82) is 0 Å². The lowest BCUT2D eigenvalue weighted by Crippen LogP contribution is -2.33. The van der Waals surface area contributed by atoms with Gasteiger partial charge in [0.05, 0.1) is 25.3 Å². The maximum Gasteiger partial charge on any atom is 0.303 e. The zero-order chi connectivity index (χ0) is 44.3. The van der Waals surface area contributed by atoms with Crippen LogP contribution in [0.15, 0.2) is 92.4 Å². The number of nitrogens with zero attached hydrogens (tertiary/aromatic N) is 2. The third kappa shape index (κ3) is 10.5. The molecule has 18 heteroatoms. The van der Waals surface area contributed by atoms with Gasteiger partial charge < -0.3 is 28.4 Å². The topological polar surface area (TPSA) is 224 Å². The molecule has 5 rings (SSSR count). The van der Waals surface area contributed by atoms with E-state index < -0.39 is 57.8 Å². The zero-order valence-corrected chi connectivity index (χ0v) is 37.3. The van der Waals surface area contributed by atoms with Crippen molar-refractivity contribution in [2.75, 3.05) is 37.5 Å². The molecule has 14 nitrogen and oxygen atoms in total. The molecule has 0 amide bonds. The van der Waals surface area contributed by atoms with E-state index >= 15 is 0 Å². The molecular formula is C42H51ClN2O12S3-2. The van der Waals surface area contributed by atoms with Gasteiger partial charge in [-0.25, -0.2) is 25.3 Å². The minimum atomic E-state index is -4.81. The summed E-state index contributed by atoms with van der Waals surface area (Å²) < 4.78 is 115. The number of carbonyl (C=O) groups is 1. The highest BCUT2D eigenvalue weighted by atomic mass is 35.5. The van der Waals surface area contributed by atoms with Gasteiger partial charge in [0.2, 0.25) is 5.69 Å². The fourth-order valence-electron chi connectivity index (χ4n) is 8.68. The number of carboxylic acids is 1. The molecule has 0 bridgehead atoms. The fourth-order valence-corrected chi connectivity index (χ4v) is 10.5. The van der Waals surface area contributed by atoms with Gasteiger partial charge in [0.1, 0.15) is 26.8 Å². The van der Waals surface area contributed by atoms with Crippen LogP contribution in [0.2, 0.25) is 0 Å². The molecule has 2 aromatic carbocycles. The molecule has 2 aliphatic heterocycles. The number of halogens is 1. The van der Waals surface area contributed by atoms with Crippen LogP contribution in [0.3, 0.4) is 0 Å². The molecule has 2 aromatic rings. The fraction of sp³-hybridized carbons (Fsp3) is 0.476. The van der Waals surface area contributed by atoms with Crippen molar-refractivity contribution in [2.24, 2.45) is 0 Å². The Bertz CT molecular complexity index is 2510. The molecule has 0 saturated heterocycles. The molecule has 60 heavy (non-hydrogen) atoms. The first kappa shape index (κ1) is 47.4. The Hall–Kier alpha value is -3.68. The van der Waals surface area contributed by atoms with Crippen molar-refractivity contribution in [1.82, 2.24) is 0 Å². The van der Waals surface area contributed by atoms with Crippen molar-refractivity contribution in [3.63, 3.8) is 0 Å². The van der Waals surface area contributed by atoms with E-state index in [1.165, 1.54) is 24.3 Å². The van der Waals surface area contributed by atoms with Crippen LogP contribution in [-0.2, 0) is 50.7 Å². The van der Waals surface area contributed by atoms with Crippen molar-refractivity contribution in [3.05, 3.63) is 93.7 Å². The predicted molar refractivity (Wildman–Crippen MR) is 225 cm³/mol. The minimum absolute atomic E-state index is 0.00341. The van der Waals surface area contributed by atoms with E-state index in [1.807, 2.05) is 50.0 Å². The van der Waals surface area contributed by atoms with Crippen LogP contribution in [0.4, 0.5) is 11.4 Å². The molecule has 0 radical (unpaired) electrons. The Morgan fingerprint density at radius 1 is 0.883 bits per heavy atom. The standard InChI is InChI=1S/C42H53ClN2O12S3/c1-5-44-35-18-16-31(59(51,52)53)27-33(35)41(2,22-10-26-58(48,49)50)37(44)20-14-29-11-9-12-30(40(29)43)15-21-38-42(3,23-25-57-4)34-28-32(60(54,55)56)17-19-36(34)45(38)24-8-6-7-13-39(46)47/h14-21,27-28H,5-13,22-26H2,1-4H3,(H3-,46,47,48,49,50,51,52,53,54,55,56)/p-2. The molecule has 0 fully saturated rings. The summed E-state index contributed by atoms with van der Waals surface area (Å²) in [5.41, 5.74) is 4.04. The van der Waals surface area contributed by atoms with Crippen LogP contribution < -0.4 is 4.90 Å². The number of aliphatic carboxylic acids is 1. The largest absolute Gasteiger partial charge is 0.748 e. The van der Waals surface area contributed by atoms with E-state index in [4.69, 9.17) is 21.4 Å². The van der Waals surface area contributed by atoms with Crippen molar-refractivity contribution < 1.29 is 58.1 Å². The molecule has 1 N–H and O–H groups in total. The molecule has 2 unspecified atom stereocenters. The number of hydrogen-bond donors (Lipinski definition) is 1. The quantitative estimate of drug-likeness (QED) is 0.0881. The summed E-state index contributed by atoms with van der Waals surface area (Å²) in [6, 6.07) is 8.52. The lowest BCUT2D eigenvalue weighted by atomic mass is 9.76. The first-order valence-corrected chi connectivity index (χ1v) is 24.6. The maximum atomic E-state index is 12.2. The smallest absolute Gasteiger partial charge is 0.303 e. The van der Waals surface area contributed by atoms with Crippen LogP contribution in [-0.4, -0.2) is 92.8 Å². The number of anilines is 1. The second kappa shape index (κ2) is 18.7. The highest BCUT2D eigenvalue weighted by Crippen LogP contribution is 2.51.